The second-order valence-corrected chi connectivity index (χ2v) is 5.56. The molecule has 0 bridgehead atoms. The number of halogens is 1. The van der Waals surface area contributed by atoms with Crippen molar-refractivity contribution in [3.05, 3.63) is 42.4 Å². The maximum atomic E-state index is 11.8. The van der Waals surface area contributed by atoms with Gasteiger partial charge in [-0.3, -0.25) is 4.79 Å². The predicted octanol–water partition coefficient (Wildman–Crippen LogP) is 2.80. The zero-order valence-electron chi connectivity index (χ0n) is 12.5. The number of aromatic nitrogens is 4. The molecule has 1 atom stereocenters. The number of alkyl halides is 1. The van der Waals surface area contributed by atoms with Gasteiger partial charge in [0.2, 0.25) is 5.91 Å². The lowest BCUT2D eigenvalue weighted by Crippen LogP contribution is -2.21. The van der Waals surface area contributed by atoms with Crippen molar-refractivity contribution in [1.82, 2.24) is 19.7 Å². The van der Waals surface area contributed by atoms with Crippen LogP contribution < -0.4 is 5.32 Å². The van der Waals surface area contributed by atoms with E-state index in [0.717, 1.165) is 5.76 Å². The van der Waals surface area contributed by atoms with Gasteiger partial charge in [-0.15, -0.1) is 11.6 Å². The van der Waals surface area contributed by atoms with Crippen molar-refractivity contribution in [2.45, 2.75) is 19.2 Å². The van der Waals surface area contributed by atoms with Crippen LogP contribution in [-0.4, -0.2) is 31.0 Å². The topological polar surface area (TPSA) is 85.8 Å². The van der Waals surface area contributed by atoms with Crippen LogP contribution in [0.15, 0.2) is 41.1 Å². The van der Waals surface area contributed by atoms with Crippen LogP contribution in [0.1, 0.15) is 12.7 Å². The van der Waals surface area contributed by atoms with Gasteiger partial charge < -0.3 is 9.73 Å². The smallest absolute Gasteiger partial charge is 0.243 e. The Labute approximate surface area is 137 Å². The van der Waals surface area contributed by atoms with Crippen molar-refractivity contribution in [2.75, 3.05) is 5.32 Å². The van der Waals surface area contributed by atoms with Gasteiger partial charge in [0.15, 0.2) is 17.4 Å². The van der Waals surface area contributed by atoms with Gasteiger partial charge in [0.1, 0.15) is 17.0 Å². The molecule has 0 spiro atoms. The summed E-state index contributed by atoms with van der Waals surface area (Å²) in [6.07, 6.45) is 3.38. The van der Waals surface area contributed by atoms with Crippen LogP contribution in [0.3, 0.4) is 0 Å². The Balaban J connectivity index is 2.05. The number of rotatable bonds is 4. The molecule has 3 aromatic rings. The molecule has 8 heteroatoms. The molecule has 3 aromatic heterocycles. The van der Waals surface area contributed by atoms with Crippen LogP contribution >= 0.6 is 11.6 Å². The summed E-state index contributed by atoms with van der Waals surface area (Å²) in [6, 6.07) is 6.98. The minimum atomic E-state index is -0.674. The van der Waals surface area contributed by atoms with Gasteiger partial charge >= 0.3 is 0 Å². The first-order chi connectivity index (χ1) is 11.0. The van der Waals surface area contributed by atoms with E-state index in [-0.39, 0.29) is 5.91 Å². The average Bonchev–Trinajstić information content (AvgIpc) is 3.18. The normalized spacial score (nSPS) is 12.1. The molecular weight excluding hydrogens is 318 g/mol. The van der Waals surface area contributed by atoms with E-state index in [1.54, 1.807) is 42.2 Å². The molecule has 0 aliphatic rings. The van der Waals surface area contributed by atoms with Gasteiger partial charge in [-0.05, 0) is 32.0 Å². The van der Waals surface area contributed by atoms with Crippen molar-refractivity contribution in [3.63, 3.8) is 0 Å². The van der Waals surface area contributed by atoms with Crippen molar-refractivity contribution < 1.29 is 9.21 Å². The third-order valence-electron chi connectivity index (χ3n) is 3.03. The second-order valence-electron chi connectivity index (χ2n) is 4.90. The average molecular weight is 332 g/mol. The molecule has 0 aliphatic carbocycles. The number of nitrogens with one attached hydrogen (secondary N) is 1. The molecule has 1 unspecified atom stereocenters. The summed E-state index contributed by atoms with van der Waals surface area (Å²) in [4.78, 5) is 20.5. The van der Waals surface area contributed by atoms with Gasteiger partial charge in [0.25, 0.3) is 0 Å². The first kappa shape index (κ1) is 15.2. The molecule has 0 saturated heterocycles. The standard InChI is InChI=1S/C15H14ClN5O2/c1-9-4-5-11(23-9)14-18-12(19-15(22)10(2)16)8-13(20-14)21-7-3-6-17-21/h3-8,10H,1-2H3,(H,18,19,20,22). The lowest BCUT2D eigenvalue weighted by Gasteiger charge is -2.09. The van der Waals surface area contributed by atoms with E-state index < -0.39 is 5.38 Å². The van der Waals surface area contributed by atoms with E-state index in [1.165, 1.54) is 0 Å². The summed E-state index contributed by atoms with van der Waals surface area (Å²) in [5.74, 6) is 2.08. The minimum Gasteiger partial charge on any atom is -0.458 e. The zero-order chi connectivity index (χ0) is 16.4. The van der Waals surface area contributed by atoms with E-state index in [2.05, 4.69) is 20.4 Å². The molecule has 3 heterocycles. The van der Waals surface area contributed by atoms with E-state index in [9.17, 15) is 4.79 Å². The van der Waals surface area contributed by atoms with Gasteiger partial charge in [-0.2, -0.15) is 5.10 Å². The molecule has 1 amide bonds. The number of aryl methyl sites for hydroxylation is 1. The largest absolute Gasteiger partial charge is 0.458 e. The Bertz CT molecular complexity index is 826. The van der Waals surface area contributed by atoms with Crippen molar-refractivity contribution in [2.24, 2.45) is 0 Å². The van der Waals surface area contributed by atoms with Gasteiger partial charge in [0, 0.05) is 18.5 Å². The molecule has 23 heavy (non-hydrogen) atoms. The third kappa shape index (κ3) is 3.40. The Morgan fingerprint density at radius 1 is 1.39 bits per heavy atom. The van der Waals surface area contributed by atoms with E-state index in [4.69, 9.17) is 16.0 Å². The second kappa shape index (κ2) is 6.21. The van der Waals surface area contributed by atoms with Crippen LogP contribution in [0.25, 0.3) is 17.4 Å². The van der Waals surface area contributed by atoms with Crippen molar-refractivity contribution >= 4 is 23.3 Å². The van der Waals surface area contributed by atoms with Gasteiger partial charge in [0.05, 0.1) is 0 Å². The molecule has 7 nitrogen and oxygen atoms in total. The van der Waals surface area contributed by atoms with Crippen LogP contribution in [0.2, 0.25) is 0 Å². The summed E-state index contributed by atoms with van der Waals surface area (Å²) in [6.45, 7) is 3.42. The van der Waals surface area contributed by atoms with E-state index >= 15 is 0 Å². The van der Waals surface area contributed by atoms with Crippen LogP contribution in [-0.2, 0) is 4.79 Å². The van der Waals surface area contributed by atoms with Crippen molar-refractivity contribution in [1.29, 1.82) is 0 Å². The number of amides is 1. The number of hydrogen-bond acceptors (Lipinski definition) is 5. The quantitative estimate of drug-likeness (QED) is 0.743. The molecule has 118 valence electrons. The van der Waals surface area contributed by atoms with Crippen LogP contribution in [0.4, 0.5) is 5.82 Å². The number of nitrogens with zero attached hydrogens (tertiary/aromatic N) is 4. The summed E-state index contributed by atoms with van der Waals surface area (Å²) in [5, 5.41) is 6.12. The highest BCUT2D eigenvalue weighted by molar-refractivity contribution is 6.32. The summed E-state index contributed by atoms with van der Waals surface area (Å²) >= 11 is 5.79. The summed E-state index contributed by atoms with van der Waals surface area (Å²) < 4.78 is 7.13. The first-order valence-electron chi connectivity index (χ1n) is 6.94. The Hall–Kier alpha value is -2.67. The molecule has 1 N–H and O–H groups in total. The fourth-order valence-corrected chi connectivity index (χ4v) is 1.97. The monoisotopic (exact) mass is 331 g/mol. The summed E-state index contributed by atoms with van der Waals surface area (Å²) in [5.41, 5.74) is 0. The fourth-order valence-electron chi connectivity index (χ4n) is 1.91. The van der Waals surface area contributed by atoms with Gasteiger partial charge in [-0.25, -0.2) is 14.6 Å². The van der Waals surface area contributed by atoms with Crippen LogP contribution in [0, 0.1) is 6.92 Å². The van der Waals surface area contributed by atoms with Crippen LogP contribution in [0.5, 0.6) is 0 Å². The number of anilines is 1. The fraction of sp³-hybridized carbons (Fsp3) is 0.200. The lowest BCUT2D eigenvalue weighted by molar-refractivity contribution is -0.115. The number of carbonyl (C=O) groups is 1. The highest BCUT2D eigenvalue weighted by atomic mass is 35.5. The molecule has 0 radical (unpaired) electrons. The van der Waals surface area contributed by atoms with Gasteiger partial charge in [-0.1, -0.05) is 0 Å². The molecule has 3 rings (SSSR count). The maximum Gasteiger partial charge on any atom is 0.243 e. The molecule has 0 saturated carbocycles. The molecular formula is C15H14ClN5O2. The number of furan rings is 1. The first-order valence-corrected chi connectivity index (χ1v) is 7.37. The Morgan fingerprint density at radius 2 is 2.22 bits per heavy atom. The SMILES string of the molecule is Cc1ccc(-c2nc(NC(=O)C(C)Cl)cc(-n3cccn3)n2)o1. The summed E-state index contributed by atoms with van der Waals surface area (Å²) in [7, 11) is 0. The zero-order valence-corrected chi connectivity index (χ0v) is 13.3. The van der Waals surface area contributed by atoms with E-state index in [1.807, 2.05) is 13.0 Å². The molecule has 0 aliphatic heterocycles. The highest BCUT2D eigenvalue weighted by Gasteiger charge is 2.15. The Kier molecular flexibility index (Phi) is 4.12. The third-order valence-corrected chi connectivity index (χ3v) is 3.22. The highest BCUT2D eigenvalue weighted by Crippen LogP contribution is 2.22. The molecule has 0 fully saturated rings. The Morgan fingerprint density at radius 3 is 2.83 bits per heavy atom. The lowest BCUT2D eigenvalue weighted by atomic mass is 10.3. The predicted molar refractivity (Wildman–Crippen MR) is 85.5 cm³/mol. The molecule has 0 aromatic carbocycles. The number of hydrogen-bond donors (Lipinski definition) is 1. The number of carbonyl (C=O) groups excluding carboxylic acids is 1. The maximum absolute atomic E-state index is 11.8. The van der Waals surface area contributed by atoms with E-state index in [0.29, 0.717) is 23.2 Å². The van der Waals surface area contributed by atoms with Crippen molar-refractivity contribution in [3.8, 4) is 17.4 Å². The minimum absolute atomic E-state index is 0.326.